The highest BCUT2D eigenvalue weighted by atomic mass is 16.3. The first kappa shape index (κ1) is 16.3. The van der Waals surface area contributed by atoms with Crippen molar-refractivity contribution in [3.05, 3.63) is 0 Å². The first-order chi connectivity index (χ1) is 9.34. The van der Waals surface area contributed by atoms with Crippen LogP contribution >= 0.6 is 0 Å². The van der Waals surface area contributed by atoms with Gasteiger partial charge in [0.2, 0.25) is 0 Å². The molecule has 2 aliphatic rings. The first-order valence-corrected chi connectivity index (χ1v) is 8.52. The molecule has 20 heavy (non-hydrogen) atoms. The summed E-state index contributed by atoms with van der Waals surface area (Å²) in [6, 6.07) is 0.657. The van der Waals surface area contributed by atoms with E-state index in [1.54, 1.807) is 0 Å². The van der Waals surface area contributed by atoms with Gasteiger partial charge in [0.05, 0.1) is 5.60 Å². The topological polar surface area (TPSA) is 35.5 Å². The molecule has 0 aromatic carbocycles. The lowest BCUT2D eigenvalue weighted by Crippen LogP contribution is -2.49. The van der Waals surface area contributed by atoms with E-state index in [4.69, 9.17) is 0 Å². The molecule has 0 bridgehead atoms. The summed E-state index contributed by atoms with van der Waals surface area (Å²) in [5, 5.41) is 13.9. The van der Waals surface area contributed by atoms with Gasteiger partial charge in [-0.15, -0.1) is 0 Å². The summed E-state index contributed by atoms with van der Waals surface area (Å²) in [6.07, 6.45) is 5.75. The summed E-state index contributed by atoms with van der Waals surface area (Å²) in [5.41, 5.74) is 0.00637. The Morgan fingerprint density at radius 3 is 2.40 bits per heavy atom. The fourth-order valence-electron chi connectivity index (χ4n) is 4.01. The third-order valence-corrected chi connectivity index (χ3v) is 5.51. The second kappa shape index (κ2) is 6.33. The van der Waals surface area contributed by atoms with Crippen molar-refractivity contribution in [2.45, 2.75) is 71.4 Å². The van der Waals surface area contributed by atoms with Gasteiger partial charge in [-0.3, -0.25) is 0 Å². The molecule has 0 radical (unpaired) electrons. The van der Waals surface area contributed by atoms with Crippen LogP contribution in [0.3, 0.4) is 0 Å². The van der Waals surface area contributed by atoms with Gasteiger partial charge in [-0.1, -0.05) is 20.8 Å². The highest BCUT2D eigenvalue weighted by Crippen LogP contribution is 2.42. The van der Waals surface area contributed by atoms with Gasteiger partial charge in [0.15, 0.2) is 0 Å². The lowest BCUT2D eigenvalue weighted by Gasteiger charge is -2.39. The smallest absolute Gasteiger partial charge is 0.0644 e. The highest BCUT2D eigenvalue weighted by molar-refractivity contribution is 4.97. The highest BCUT2D eigenvalue weighted by Gasteiger charge is 2.42. The zero-order valence-corrected chi connectivity index (χ0v) is 13.9. The van der Waals surface area contributed by atoms with Crippen molar-refractivity contribution >= 4 is 0 Å². The number of likely N-dealkylation sites (tertiary alicyclic amines) is 1. The Balaban J connectivity index is 1.88. The van der Waals surface area contributed by atoms with Crippen LogP contribution in [-0.4, -0.2) is 47.8 Å². The molecule has 2 unspecified atom stereocenters. The second-order valence-corrected chi connectivity index (χ2v) is 8.02. The predicted molar refractivity (Wildman–Crippen MR) is 84.9 cm³/mol. The van der Waals surface area contributed by atoms with E-state index in [2.05, 4.69) is 31.0 Å². The summed E-state index contributed by atoms with van der Waals surface area (Å²) in [4.78, 5) is 2.57. The van der Waals surface area contributed by atoms with Crippen LogP contribution in [0.1, 0.15) is 59.8 Å². The zero-order chi connectivity index (χ0) is 14.8. The number of aliphatic hydroxyl groups is 1. The Bertz CT molecular complexity index is 304. The van der Waals surface area contributed by atoms with Crippen LogP contribution in [0, 0.1) is 11.3 Å². The maximum Gasteiger partial charge on any atom is 0.0644 e. The molecule has 3 heteroatoms. The Labute approximate surface area is 125 Å². The van der Waals surface area contributed by atoms with Gasteiger partial charge in [-0.05, 0) is 56.9 Å². The van der Waals surface area contributed by atoms with E-state index < -0.39 is 5.60 Å². The van der Waals surface area contributed by atoms with Gasteiger partial charge in [-0.2, -0.15) is 0 Å². The van der Waals surface area contributed by atoms with Crippen molar-refractivity contribution < 1.29 is 5.11 Å². The zero-order valence-electron chi connectivity index (χ0n) is 13.9. The van der Waals surface area contributed by atoms with Crippen LogP contribution in [0.25, 0.3) is 0 Å². The number of piperidine rings is 1. The molecule has 2 N–H and O–H groups in total. The fraction of sp³-hybridized carbons (Fsp3) is 1.00. The molecule has 1 saturated heterocycles. The third-order valence-electron chi connectivity index (χ3n) is 5.51. The van der Waals surface area contributed by atoms with Crippen molar-refractivity contribution in [1.82, 2.24) is 10.2 Å². The SMILES string of the molecule is CCCNC1C(CN2CCC(C)(O)CC2)CCC1(C)C. The van der Waals surface area contributed by atoms with Gasteiger partial charge < -0.3 is 15.3 Å². The number of hydrogen-bond acceptors (Lipinski definition) is 3. The quantitative estimate of drug-likeness (QED) is 0.814. The van der Waals surface area contributed by atoms with Gasteiger partial charge in [0.25, 0.3) is 0 Å². The third kappa shape index (κ3) is 3.96. The number of nitrogens with one attached hydrogen (secondary N) is 1. The van der Waals surface area contributed by atoms with Gasteiger partial charge in [-0.25, -0.2) is 0 Å². The Hall–Kier alpha value is -0.120. The van der Waals surface area contributed by atoms with Crippen molar-refractivity contribution in [1.29, 1.82) is 0 Å². The van der Waals surface area contributed by atoms with E-state index in [1.165, 1.54) is 25.8 Å². The number of nitrogens with zero attached hydrogens (tertiary/aromatic N) is 1. The Morgan fingerprint density at radius 2 is 1.80 bits per heavy atom. The minimum Gasteiger partial charge on any atom is -0.390 e. The molecule has 1 aliphatic heterocycles. The molecule has 1 heterocycles. The lowest BCUT2D eigenvalue weighted by atomic mass is 9.84. The average molecular weight is 282 g/mol. The summed E-state index contributed by atoms with van der Waals surface area (Å²) in [6.45, 7) is 13.5. The van der Waals surface area contributed by atoms with Gasteiger partial charge in [0.1, 0.15) is 0 Å². The van der Waals surface area contributed by atoms with E-state index in [0.717, 1.165) is 38.4 Å². The van der Waals surface area contributed by atoms with Crippen molar-refractivity contribution in [2.24, 2.45) is 11.3 Å². The van der Waals surface area contributed by atoms with Crippen molar-refractivity contribution in [3.8, 4) is 0 Å². The number of rotatable bonds is 5. The molecule has 2 atom stereocenters. The summed E-state index contributed by atoms with van der Waals surface area (Å²) in [5.74, 6) is 0.777. The van der Waals surface area contributed by atoms with Crippen LogP contribution in [0.4, 0.5) is 0 Å². The van der Waals surface area contributed by atoms with E-state index in [9.17, 15) is 5.11 Å². The first-order valence-electron chi connectivity index (χ1n) is 8.52. The number of hydrogen-bond donors (Lipinski definition) is 2. The molecule has 0 spiro atoms. The molecule has 118 valence electrons. The molecule has 2 rings (SSSR count). The minimum atomic E-state index is -0.425. The fourth-order valence-corrected chi connectivity index (χ4v) is 4.01. The van der Waals surface area contributed by atoms with Crippen LogP contribution < -0.4 is 5.32 Å². The van der Waals surface area contributed by atoms with Gasteiger partial charge >= 0.3 is 0 Å². The molecule has 0 aromatic heterocycles. The largest absolute Gasteiger partial charge is 0.390 e. The Morgan fingerprint density at radius 1 is 1.15 bits per heavy atom. The normalized spacial score (nSPS) is 33.5. The predicted octanol–water partition coefficient (Wildman–Crippen LogP) is 2.64. The average Bonchev–Trinajstić information content (AvgIpc) is 2.65. The molecule has 3 nitrogen and oxygen atoms in total. The van der Waals surface area contributed by atoms with Crippen molar-refractivity contribution in [2.75, 3.05) is 26.2 Å². The van der Waals surface area contributed by atoms with Crippen LogP contribution in [-0.2, 0) is 0 Å². The van der Waals surface area contributed by atoms with E-state index in [1.807, 2.05) is 6.92 Å². The van der Waals surface area contributed by atoms with E-state index >= 15 is 0 Å². The summed E-state index contributed by atoms with van der Waals surface area (Å²) < 4.78 is 0. The standard InChI is InChI=1S/C17H34N2O/c1-5-10-18-15-14(6-7-16(15,2)3)13-19-11-8-17(4,20)9-12-19/h14-15,18,20H,5-13H2,1-4H3. The van der Waals surface area contributed by atoms with E-state index in [0.29, 0.717) is 11.5 Å². The summed E-state index contributed by atoms with van der Waals surface area (Å²) in [7, 11) is 0. The molecule has 0 aromatic rings. The van der Waals surface area contributed by atoms with Crippen LogP contribution in [0.15, 0.2) is 0 Å². The molecule has 1 aliphatic carbocycles. The minimum absolute atomic E-state index is 0.425. The van der Waals surface area contributed by atoms with Crippen LogP contribution in [0.2, 0.25) is 0 Å². The molecule has 2 fully saturated rings. The molecular formula is C17H34N2O. The molecule has 0 amide bonds. The van der Waals surface area contributed by atoms with Crippen LogP contribution in [0.5, 0.6) is 0 Å². The molecule has 1 saturated carbocycles. The Kier molecular flexibility index (Phi) is 5.14. The maximum absolute atomic E-state index is 10.1. The monoisotopic (exact) mass is 282 g/mol. The van der Waals surface area contributed by atoms with E-state index in [-0.39, 0.29) is 0 Å². The molecular weight excluding hydrogens is 248 g/mol. The maximum atomic E-state index is 10.1. The lowest BCUT2D eigenvalue weighted by molar-refractivity contribution is -0.00997. The van der Waals surface area contributed by atoms with Gasteiger partial charge in [0, 0.05) is 25.7 Å². The summed E-state index contributed by atoms with van der Waals surface area (Å²) >= 11 is 0. The second-order valence-electron chi connectivity index (χ2n) is 8.02. The van der Waals surface area contributed by atoms with Crippen molar-refractivity contribution in [3.63, 3.8) is 0 Å².